The van der Waals surface area contributed by atoms with Crippen molar-refractivity contribution in [2.24, 2.45) is 11.8 Å². The Morgan fingerprint density at radius 3 is 2.44 bits per heavy atom. The van der Waals surface area contributed by atoms with Gasteiger partial charge in [0.2, 0.25) is 17.6 Å². The van der Waals surface area contributed by atoms with Crippen LogP contribution in [0.3, 0.4) is 0 Å². The van der Waals surface area contributed by atoms with Crippen molar-refractivity contribution in [1.82, 2.24) is 20.5 Å². The summed E-state index contributed by atoms with van der Waals surface area (Å²) in [5.41, 5.74) is -1.14. The number of oxazole rings is 1. The van der Waals surface area contributed by atoms with Crippen LogP contribution in [-0.2, 0) is 14.3 Å². The molecule has 2 aliphatic rings. The van der Waals surface area contributed by atoms with Crippen molar-refractivity contribution in [1.29, 1.82) is 0 Å². The van der Waals surface area contributed by atoms with Crippen molar-refractivity contribution in [3.63, 3.8) is 0 Å². The molecule has 1 saturated carbocycles. The summed E-state index contributed by atoms with van der Waals surface area (Å²) >= 11 is 0. The molecule has 1 aromatic heterocycles. The largest absolute Gasteiger partial charge is 0.475 e. The number of rotatable bonds is 8. The highest BCUT2D eigenvalue weighted by Gasteiger charge is 2.66. The average Bonchev–Trinajstić information content (AvgIpc) is 3.35. The van der Waals surface area contributed by atoms with Gasteiger partial charge in [-0.3, -0.25) is 14.4 Å². The molecule has 0 spiro atoms. The number of aryl methyl sites for hydroxylation is 2. The first-order valence-corrected chi connectivity index (χ1v) is 10.9. The van der Waals surface area contributed by atoms with Gasteiger partial charge in [0.25, 0.3) is 5.91 Å². The molecule has 3 atom stereocenters. The lowest BCUT2D eigenvalue weighted by atomic mass is 9.75. The van der Waals surface area contributed by atoms with E-state index >= 15 is 0 Å². The monoisotopic (exact) mass is 450 g/mol. The molecule has 12 heteroatoms. The average molecular weight is 450 g/mol. The van der Waals surface area contributed by atoms with Gasteiger partial charge in [0.15, 0.2) is 5.89 Å². The molecule has 1 aliphatic heterocycles. The molecule has 0 radical (unpaired) electrons. The zero-order chi connectivity index (χ0) is 23.6. The minimum atomic E-state index is -1.78. The Morgan fingerprint density at radius 1 is 1.25 bits per heavy atom. The topological polar surface area (TPSA) is 154 Å². The third-order valence-corrected chi connectivity index (χ3v) is 5.83. The molecule has 1 saturated heterocycles. The Balaban J connectivity index is 1.82. The zero-order valence-electron chi connectivity index (χ0n) is 18.9. The number of nitrogens with one attached hydrogen (secondary N) is 2. The van der Waals surface area contributed by atoms with Gasteiger partial charge < -0.3 is 34.7 Å². The highest BCUT2D eigenvalue weighted by molar-refractivity contribution is 6.43. The number of hydrogen-bond acceptors (Lipinski definition) is 8. The number of hydrogen-bond donors (Lipinski definition) is 4. The maximum absolute atomic E-state index is 13.3. The summed E-state index contributed by atoms with van der Waals surface area (Å²) in [6.45, 7) is 8.63. The van der Waals surface area contributed by atoms with E-state index in [2.05, 4.69) is 15.6 Å². The summed E-state index contributed by atoms with van der Waals surface area (Å²) in [7, 11) is -1.78. The van der Waals surface area contributed by atoms with E-state index in [1.54, 1.807) is 18.7 Å². The lowest BCUT2D eigenvalue weighted by molar-refractivity contribution is -0.139. The second-order valence-corrected chi connectivity index (χ2v) is 8.89. The molecule has 3 amide bonds. The Labute approximate surface area is 187 Å². The standard InChI is InChI=1S/C20H31BN4O7/c1-11(2)9-15(21(29)30)23-19(28)20(24-17(26)16-12(3)22-13(4)32-16)10-14(20)18(27)25-5-7-31-8-6-25/h11,14-15,29-30H,5-10H2,1-4H3,(H,23,28)(H,24,26)/t14-,15+,20?/m1/s1. The molecular formula is C20H31BN4O7. The minimum absolute atomic E-state index is 0.0277. The number of nitrogens with zero attached hydrogens (tertiary/aromatic N) is 2. The van der Waals surface area contributed by atoms with Crippen molar-refractivity contribution in [3.05, 3.63) is 17.3 Å². The molecule has 1 aromatic rings. The normalized spacial score (nSPS) is 23.6. The van der Waals surface area contributed by atoms with E-state index in [4.69, 9.17) is 9.15 Å². The van der Waals surface area contributed by atoms with E-state index in [0.29, 0.717) is 44.3 Å². The second-order valence-electron chi connectivity index (χ2n) is 8.89. The smallest absolute Gasteiger partial charge is 0.436 e. The maximum atomic E-state index is 13.3. The molecule has 176 valence electrons. The summed E-state index contributed by atoms with van der Waals surface area (Å²) < 4.78 is 10.7. The van der Waals surface area contributed by atoms with Gasteiger partial charge in [-0.25, -0.2) is 4.98 Å². The molecule has 2 fully saturated rings. The van der Waals surface area contributed by atoms with Crippen molar-refractivity contribution in [2.75, 3.05) is 26.3 Å². The first-order chi connectivity index (χ1) is 15.0. The molecular weight excluding hydrogens is 419 g/mol. The third kappa shape index (κ3) is 5.13. The predicted octanol–water partition coefficient (Wildman–Crippen LogP) is -0.818. The molecule has 4 N–H and O–H groups in total. The molecule has 32 heavy (non-hydrogen) atoms. The Bertz CT molecular complexity index is 868. The Morgan fingerprint density at radius 2 is 1.91 bits per heavy atom. The summed E-state index contributed by atoms with van der Waals surface area (Å²) in [5, 5.41) is 24.7. The number of ether oxygens (including phenoxy) is 1. The minimum Gasteiger partial charge on any atom is -0.436 e. The van der Waals surface area contributed by atoms with Gasteiger partial charge >= 0.3 is 7.12 Å². The van der Waals surface area contributed by atoms with E-state index in [-0.39, 0.29) is 24.0 Å². The van der Waals surface area contributed by atoms with Crippen LogP contribution in [0.4, 0.5) is 0 Å². The quantitative estimate of drug-likeness (QED) is 0.375. The molecule has 2 heterocycles. The highest BCUT2D eigenvalue weighted by Crippen LogP contribution is 2.45. The summed E-state index contributed by atoms with van der Waals surface area (Å²) in [4.78, 5) is 45.0. The van der Waals surface area contributed by atoms with Crippen molar-refractivity contribution in [3.8, 4) is 0 Å². The van der Waals surface area contributed by atoms with E-state index in [1.165, 1.54) is 0 Å². The van der Waals surface area contributed by atoms with Crippen LogP contribution in [0.2, 0.25) is 0 Å². The van der Waals surface area contributed by atoms with E-state index in [0.717, 1.165) is 0 Å². The lowest BCUT2D eigenvalue weighted by Crippen LogP contribution is -2.57. The molecule has 1 unspecified atom stereocenters. The fourth-order valence-corrected chi connectivity index (χ4v) is 4.07. The molecule has 11 nitrogen and oxygen atoms in total. The molecule has 1 aliphatic carbocycles. The SMILES string of the molecule is Cc1nc(C)c(C(=O)NC2(C(=O)N[C@@H](CC(C)C)B(O)O)C[C@@H]2C(=O)N2CCOCC2)o1. The number of aromatic nitrogens is 1. The molecule has 3 rings (SSSR count). The summed E-state index contributed by atoms with van der Waals surface area (Å²) in [6, 6.07) is 0. The Hall–Kier alpha value is -2.44. The van der Waals surface area contributed by atoms with Crippen molar-refractivity contribution < 1.29 is 33.6 Å². The van der Waals surface area contributed by atoms with Gasteiger partial charge in [0.05, 0.1) is 30.8 Å². The van der Waals surface area contributed by atoms with Crippen LogP contribution in [0.5, 0.6) is 0 Å². The highest BCUT2D eigenvalue weighted by atomic mass is 16.5. The Kier molecular flexibility index (Phi) is 7.26. The zero-order valence-corrected chi connectivity index (χ0v) is 18.9. The van der Waals surface area contributed by atoms with Crippen molar-refractivity contribution in [2.45, 2.75) is 52.0 Å². The molecule has 0 aromatic carbocycles. The lowest BCUT2D eigenvalue weighted by Gasteiger charge is -2.29. The van der Waals surface area contributed by atoms with Gasteiger partial charge in [0, 0.05) is 20.0 Å². The number of carbonyl (C=O) groups is 3. The number of carbonyl (C=O) groups excluding carboxylic acids is 3. The van der Waals surface area contributed by atoms with Crippen LogP contribution < -0.4 is 10.6 Å². The third-order valence-electron chi connectivity index (χ3n) is 5.83. The second kappa shape index (κ2) is 9.59. The maximum Gasteiger partial charge on any atom is 0.475 e. The first-order valence-electron chi connectivity index (χ1n) is 10.9. The van der Waals surface area contributed by atoms with Gasteiger partial charge in [-0.2, -0.15) is 0 Å². The van der Waals surface area contributed by atoms with Crippen LogP contribution in [0.25, 0.3) is 0 Å². The van der Waals surface area contributed by atoms with Gasteiger partial charge in [-0.15, -0.1) is 0 Å². The van der Waals surface area contributed by atoms with Gasteiger partial charge in [-0.1, -0.05) is 13.8 Å². The van der Waals surface area contributed by atoms with E-state index < -0.39 is 36.3 Å². The number of amides is 3. The van der Waals surface area contributed by atoms with Crippen LogP contribution in [0, 0.1) is 25.7 Å². The first kappa shape index (κ1) is 24.2. The van der Waals surface area contributed by atoms with Gasteiger partial charge in [0.1, 0.15) is 5.54 Å². The summed E-state index contributed by atoms with van der Waals surface area (Å²) in [6.07, 6.45) is 0.415. The van der Waals surface area contributed by atoms with Gasteiger partial charge in [-0.05, 0) is 25.7 Å². The molecule has 0 bridgehead atoms. The fraction of sp³-hybridized carbons (Fsp3) is 0.700. The predicted molar refractivity (Wildman–Crippen MR) is 113 cm³/mol. The summed E-state index contributed by atoms with van der Waals surface area (Å²) in [5.74, 6) is -2.89. The van der Waals surface area contributed by atoms with Crippen molar-refractivity contribution >= 4 is 24.8 Å². The fourth-order valence-electron chi connectivity index (χ4n) is 4.07. The van der Waals surface area contributed by atoms with E-state index in [1.807, 2.05) is 13.8 Å². The van der Waals surface area contributed by atoms with Crippen LogP contribution >= 0.6 is 0 Å². The van der Waals surface area contributed by atoms with Crippen LogP contribution in [-0.4, -0.2) is 82.6 Å². The van der Waals surface area contributed by atoms with Crippen LogP contribution in [0.1, 0.15) is 48.8 Å². The number of morpholine rings is 1. The van der Waals surface area contributed by atoms with Crippen LogP contribution in [0.15, 0.2) is 4.42 Å². The van der Waals surface area contributed by atoms with E-state index in [9.17, 15) is 24.4 Å².